The van der Waals surface area contributed by atoms with Gasteiger partial charge in [0.25, 0.3) is 0 Å². The van der Waals surface area contributed by atoms with Crippen LogP contribution in [0.1, 0.15) is 37.7 Å². The molecule has 0 radical (unpaired) electrons. The third-order valence-corrected chi connectivity index (χ3v) is 5.79. The lowest BCUT2D eigenvalue weighted by Crippen LogP contribution is -2.36. The largest absolute Gasteiger partial charge is 0.392 e. The molecule has 20 heavy (non-hydrogen) atoms. The Morgan fingerprint density at radius 3 is 2.45 bits per heavy atom. The molecule has 1 fully saturated rings. The van der Waals surface area contributed by atoms with E-state index in [4.69, 9.17) is 23.2 Å². The Morgan fingerprint density at radius 2 is 1.85 bits per heavy atom. The second-order valence-electron chi connectivity index (χ2n) is 4.99. The zero-order valence-corrected chi connectivity index (χ0v) is 13.2. The molecule has 0 saturated heterocycles. The first kappa shape index (κ1) is 16.0. The van der Waals surface area contributed by atoms with Crippen molar-refractivity contribution in [3.8, 4) is 0 Å². The van der Waals surface area contributed by atoms with Gasteiger partial charge < -0.3 is 5.11 Å². The Kier molecular flexibility index (Phi) is 5.31. The first-order valence-corrected chi connectivity index (χ1v) is 8.79. The van der Waals surface area contributed by atoms with E-state index in [9.17, 15) is 13.5 Å². The molecular formula is C13H17Cl2NO3S. The van der Waals surface area contributed by atoms with Gasteiger partial charge in [0.2, 0.25) is 10.0 Å². The van der Waals surface area contributed by atoms with Crippen molar-refractivity contribution in [2.75, 3.05) is 0 Å². The SMILES string of the molecule is O=S(=O)(NC1CCCCC1)c1cc(Cl)cc(CO)c1Cl. The first-order valence-electron chi connectivity index (χ1n) is 6.55. The minimum absolute atomic E-state index is 0.0280. The van der Waals surface area contributed by atoms with Crippen molar-refractivity contribution < 1.29 is 13.5 Å². The molecule has 0 heterocycles. The van der Waals surface area contributed by atoms with Gasteiger partial charge in [0.1, 0.15) is 4.90 Å². The van der Waals surface area contributed by atoms with Gasteiger partial charge in [-0.25, -0.2) is 13.1 Å². The van der Waals surface area contributed by atoms with E-state index in [0.717, 1.165) is 32.1 Å². The number of aliphatic hydroxyl groups excluding tert-OH is 1. The minimum Gasteiger partial charge on any atom is -0.392 e. The molecule has 1 aliphatic carbocycles. The molecule has 0 aliphatic heterocycles. The van der Waals surface area contributed by atoms with Gasteiger partial charge in [0, 0.05) is 11.1 Å². The van der Waals surface area contributed by atoms with E-state index in [1.165, 1.54) is 12.1 Å². The van der Waals surface area contributed by atoms with Gasteiger partial charge in [0.05, 0.1) is 11.6 Å². The van der Waals surface area contributed by atoms with E-state index < -0.39 is 10.0 Å². The maximum absolute atomic E-state index is 12.4. The van der Waals surface area contributed by atoms with Crippen molar-refractivity contribution in [1.29, 1.82) is 0 Å². The van der Waals surface area contributed by atoms with E-state index in [1.807, 2.05) is 0 Å². The third kappa shape index (κ3) is 3.65. The molecule has 1 aromatic rings. The lowest BCUT2D eigenvalue weighted by molar-refractivity contribution is 0.281. The molecular weight excluding hydrogens is 321 g/mol. The quantitative estimate of drug-likeness (QED) is 0.887. The van der Waals surface area contributed by atoms with Crippen LogP contribution in [0.3, 0.4) is 0 Å². The summed E-state index contributed by atoms with van der Waals surface area (Å²) in [7, 11) is -3.72. The van der Waals surface area contributed by atoms with Crippen LogP contribution >= 0.6 is 23.2 Å². The number of hydrogen-bond acceptors (Lipinski definition) is 3. The normalized spacial score (nSPS) is 17.4. The molecule has 1 aromatic carbocycles. The van der Waals surface area contributed by atoms with Gasteiger partial charge in [0.15, 0.2) is 0 Å². The molecule has 0 aromatic heterocycles. The van der Waals surface area contributed by atoms with E-state index in [0.29, 0.717) is 5.56 Å². The van der Waals surface area contributed by atoms with Crippen molar-refractivity contribution in [1.82, 2.24) is 4.72 Å². The van der Waals surface area contributed by atoms with Gasteiger partial charge >= 0.3 is 0 Å². The number of halogens is 2. The molecule has 0 bridgehead atoms. The summed E-state index contributed by atoms with van der Waals surface area (Å²) in [4.78, 5) is -0.0682. The second-order valence-corrected chi connectivity index (χ2v) is 7.49. The van der Waals surface area contributed by atoms with Crippen LogP contribution in [0.4, 0.5) is 0 Å². The minimum atomic E-state index is -3.72. The zero-order chi connectivity index (χ0) is 14.8. The summed E-state index contributed by atoms with van der Waals surface area (Å²) in [6.45, 7) is -0.356. The highest BCUT2D eigenvalue weighted by Gasteiger charge is 2.25. The van der Waals surface area contributed by atoms with Crippen LogP contribution in [0, 0.1) is 0 Å². The first-order chi connectivity index (χ1) is 9.44. The van der Waals surface area contributed by atoms with Crippen LogP contribution < -0.4 is 4.72 Å². The number of benzene rings is 1. The fourth-order valence-electron chi connectivity index (χ4n) is 2.43. The van der Waals surface area contributed by atoms with Crippen molar-refractivity contribution in [2.24, 2.45) is 0 Å². The predicted octanol–water partition coefficient (Wildman–Crippen LogP) is 3.10. The fraction of sp³-hybridized carbons (Fsp3) is 0.538. The molecule has 0 amide bonds. The number of rotatable bonds is 4. The lowest BCUT2D eigenvalue weighted by Gasteiger charge is -2.23. The van der Waals surface area contributed by atoms with Gasteiger partial charge in [-0.2, -0.15) is 0 Å². The molecule has 1 aliphatic rings. The van der Waals surface area contributed by atoms with Crippen LogP contribution in [0.2, 0.25) is 10.0 Å². The highest BCUT2D eigenvalue weighted by atomic mass is 35.5. The molecule has 1 saturated carbocycles. The van der Waals surface area contributed by atoms with Gasteiger partial charge in [-0.3, -0.25) is 0 Å². The van der Waals surface area contributed by atoms with Crippen LogP contribution in [0.15, 0.2) is 17.0 Å². The Morgan fingerprint density at radius 1 is 1.20 bits per heavy atom. The number of nitrogens with one attached hydrogen (secondary N) is 1. The smallest absolute Gasteiger partial charge is 0.242 e. The van der Waals surface area contributed by atoms with Crippen LogP contribution in [0.25, 0.3) is 0 Å². The van der Waals surface area contributed by atoms with E-state index >= 15 is 0 Å². The highest BCUT2D eigenvalue weighted by molar-refractivity contribution is 7.89. The van der Waals surface area contributed by atoms with Crippen LogP contribution in [0.5, 0.6) is 0 Å². The van der Waals surface area contributed by atoms with Crippen molar-refractivity contribution in [2.45, 2.75) is 49.6 Å². The molecule has 2 rings (SSSR count). The summed E-state index contributed by atoms with van der Waals surface area (Å²) >= 11 is 11.9. The fourth-order valence-corrected chi connectivity index (χ4v) is 4.66. The summed E-state index contributed by atoms with van der Waals surface area (Å²) in [5, 5.41) is 9.46. The van der Waals surface area contributed by atoms with Crippen LogP contribution in [-0.2, 0) is 16.6 Å². The van der Waals surface area contributed by atoms with E-state index in [2.05, 4.69) is 4.72 Å². The Balaban J connectivity index is 2.31. The summed E-state index contributed by atoms with van der Waals surface area (Å²) in [6.07, 6.45) is 4.87. The highest BCUT2D eigenvalue weighted by Crippen LogP contribution is 2.30. The lowest BCUT2D eigenvalue weighted by atomic mass is 9.96. The van der Waals surface area contributed by atoms with Gasteiger partial charge in [-0.05, 0) is 30.5 Å². The topological polar surface area (TPSA) is 66.4 Å². The monoisotopic (exact) mass is 337 g/mol. The molecule has 112 valence electrons. The summed E-state index contributed by atoms with van der Waals surface area (Å²) < 4.78 is 27.5. The van der Waals surface area contributed by atoms with Crippen LogP contribution in [-0.4, -0.2) is 19.6 Å². The maximum atomic E-state index is 12.4. The predicted molar refractivity (Wildman–Crippen MR) is 79.6 cm³/mol. The van der Waals surface area contributed by atoms with Crippen molar-refractivity contribution in [3.63, 3.8) is 0 Å². The summed E-state index contributed by atoms with van der Waals surface area (Å²) in [6, 6.07) is 2.72. The molecule has 0 spiro atoms. The standard InChI is InChI=1S/C13H17Cl2NO3S/c14-10-6-9(8-17)13(15)12(7-10)20(18,19)16-11-4-2-1-3-5-11/h6-7,11,16-17H,1-5,8H2. The van der Waals surface area contributed by atoms with Gasteiger partial charge in [-0.15, -0.1) is 0 Å². The Labute approximate surface area is 129 Å². The third-order valence-electron chi connectivity index (χ3n) is 3.47. The Hall–Kier alpha value is -0.330. The molecule has 2 N–H and O–H groups in total. The van der Waals surface area contributed by atoms with E-state index in [1.54, 1.807) is 0 Å². The average Bonchev–Trinajstić information content (AvgIpc) is 2.41. The van der Waals surface area contributed by atoms with Gasteiger partial charge in [-0.1, -0.05) is 42.5 Å². The number of hydrogen-bond donors (Lipinski definition) is 2. The molecule has 7 heteroatoms. The summed E-state index contributed by atoms with van der Waals surface area (Å²) in [5.74, 6) is 0. The number of sulfonamides is 1. The Bertz CT molecular complexity index is 584. The second kappa shape index (κ2) is 6.62. The van der Waals surface area contributed by atoms with Crippen molar-refractivity contribution in [3.05, 3.63) is 27.7 Å². The average molecular weight is 338 g/mol. The molecule has 4 nitrogen and oxygen atoms in total. The number of aliphatic hydroxyl groups is 1. The molecule has 0 atom stereocenters. The van der Waals surface area contributed by atoms with E-state index in [-0.39, 0.29) is 27.6 Å². The maximum Gasteiger partial charge on any atom is 0.242 e. The summed E-state index contributed by atoms with van der Waals surface area (Å²) in [5.41, 5.74) is 0.309. The van der Waals surface area contributed by atoms with Crippen molar-refractivity contribution >= 4 is 33.2 Å². The zero-order valence-electron chi connectivity index (χ0n) is 10.9. The molecule has 0 unspecified atom stereocenters.